The van der Waals surface area contributed by atoms with Crippen molar-refractivity contribution in [3.8, 4) is 17.2 Å². The second-order valence-electron chi connectivity index (χ2n) is 6.67. The summed E-state index contributed by atoms with van der Waals surface area (Å²) in [7, 11) is 4.44. The third-order valence-electron chi connectivity index (χ3n) is 4.90. The zero-order valence-electron chi connectivity index (χ0n) is 17.4. The standard InChI is InChI=1S/C22H26N2O6/c1-27-19-12-16(13-20(28-2)21(19)29-3)22(26)23-14-18(25)15-4-6-17(7-5-15)24-8-10-30-11-9-24/h4-7,12-13H,8-11,14H2,1-3H3,(H,23,26). The molecule has 2 aromatic carbocycles. The van der Waals surface area contributed by atoms with Gasteiger partial charge >= 0.3 is 0 Å². The Balaban J connectivity index is 1.63. The molecule has 1 N–H and O–H groups in total. The molecule has 160 valence electrons. The van der Waals surface area contributed by atoms with E-state index in [1.54, 1.807) is 12.1 Å². The number of Topliss-reactive ketones (excluding diaryl/α,β-unsaturated/α-hetero) is 1. The van der Waals surface area contributed by atoms with Crippen molar-refractivity contribution in [3.05, 3.63) is 47.5 Å². The minimum atomic E-state index is -0.410. The largest absolute Gasteiger partial charge is 0.493 e. The van der Waals surface area contributed by atoms with Crippen molar-refractivity contribution in [1.29, 1.82) is 0 Å². The number of ketones is 1. The summed E-state index contributed by atoms with van der Waals surface area (Å²) in [5, 5.41) is 2.65. The molecule has 1 aliphatic heterocycles. The van der Waals surface area contributed by atoms with Crippen molar-refractivity contribution in [2.24, 2.45) is 0 Å². The molecule has 0 saturated carbocycles. The van der Waals surface area contributed by atoms with Crippen LogP contribution < -0.4 is 24.4 Å². The van der Waals surface area contributed by atoms with Crippen molar-refractivity contribution in [3.63, 3.8) is 0 Å². The van der Waals surface area contributed by atoms with Crippen molar-refractivity contribution >= 4 is 17.4 Å². The number of carbonyl (C=O) groups is 2. The predicted octanol–water partition coefficient (Wildman–Crippen LogP) is 2.16. The van der Waals surface area contributed by atoms with Gasteiger partial charge < -0.3 is 29.2 Å². The van der Waals surface area contributed by atoms with E-state index < -0.39 is 5.91 Å². The molecule has 0 unspecified atom stereocenters. The highest BCUT2D eigenvalue weighted by molar-refractivity contribution is 6.02. The third kappa shape index (κ3) is 4.83. The van der Waals surface area contributed by atoms with Gasteiger partial charge in [0, 0.05) is 29.9 Å². The third-order valence-corrected chi connectivity index (χ3v) is 4.90. The molecule has 0 spiro atoms. The molecule has 0 radical (unpaired) electrons. The first kappa shape index (κ1) is 21.4. The fourth-order valence-electron chi connectivity index (χ4n) is 3.26. The molecule has 1 aliphatic rings. The summed E-state index contributed by atoms with van der Waals surface area (Å²) in [5.74, 6) is 0.545. The summed E-state index contributed by atoms with van der Waals surface area (Å²) < 4.78 is 21.1. The Hall–Kier alpha value is -3.26. The predicted molar refractivity (Wildman–Crippen MR) is 112 cm³/mol. The fourth-order valence-corrected chi connectivity index (χ4v) is 3.26. The molecule has 1 fully saturated rings. The van der Waals surface area contributed by atoms with E-state index in [2.05, 4.69) is 10.2 Å². The molecule has 1 heterocycles. The van der Waals surface area contributed by atoms with E-state index >= 15 is 0 Å². The van der Waals surface area contributed by atoms with Crippen LogP contribution in [0.15, 0.2) is 36.4 Å². The molecule has 8 nitrogen and oxygen atoms in total. The first-order valence-electron chi connectivity index (χ1n) is 9.61. The number of amides is 1. The summed E-state index contributed by atoms with van der Waals surface area (Å²) in [6.07, 6.45) is 0. The van der Waals surface area contributed by atoms with Crippen molar-refractivity contribution < 1.29 is 28.5 Å². The van der Waals surface area contributed by atoms with Gasteiger partial charge in [-0.25, -0.2) is 0 Å². The summed E-state index contributed by atoms with van der Waals surface area (Å²) in [5.41, 5.74) is 1.90. The monoisotopic (exact) mass is 414 g/mol. The minimum absolute atomic E-state index is 0.119. The Kier molecular flexibility index (Phi) is 7.13. The average Bonchev–Trinajstić information content (AvgIpc) is 2.81. The molecular formula is C22H26N2O6. The zero-order chi connectivity index (χ0) is 21.5. The average molecular weight is 414 g/mol. The highest BCUT2D eigenvalue weighted by Crippen LogP contribution is 2.38. The number of nitrogens with zero attached hydrogens (tertiary/aromatic N) is 1. The number of benzene rings is 2. The van der Waals surface area contributed by atoms with E-state index in [-0.39, 0.29) is 12.3 Å². The summed E-state index contributed by atoms with van der Waals surface area (Å²) >= 11 is 0. The molecule has 0 bridgehead atoms. The second-order valence-corrected chi connectivity index (χ2v) is 6.67. The van der Waals surface area contributed by atoms with Crippen LogP contribution in [0.25, 0.3) is 0 Å². The number of hydrogen-bond donors (Lipinski definition) is 1. The maximum atomic E-state index is 12.5. The van der Waals surface area contributed by atoms with Gasteiger partial charge in [0.15, 0.2) is 17.3 Å². The van der Waals surface area contributed by atoms with Gasteiger partial charge in [-0.2, -0.15) is 0 Å². The lowest BCUT2D eigenvalue weighted by molar-refractivity contribution is 0.0903. The highest BCUT2D eigenvalue weighted by Gasteiger charge is 2.18. The molecule has 0 atom stereocenters. The van der Waals surface area contributed by atoms with Gasteiger partial charge in [0.25, 0.3) is 5.91 Å². The van der Waals surface area contributed by atoms with E-state index in [1.165, 1.54) is 33.5 Å². The molecule has 30 heavy (non-hydrogen) atoms. The second kappa shape index (κ2) is 9.98. The van der Waals surface area contributed by atoms with E-state index in [9.17, 15) is 9.59 Å². The van der Waals surface area contributed by atoms with Gasteiger partial charge in [-0.1, -0.05) is 0 Å². The Morgan fingerprint density at radius 2 is 1.53 bits per heavy atom. The zero-order valence-corrected chi connectivity index (χ0v) is 17.4. The number of methoxy groups -OCH3 is 3. The van der Waals surface area contributed by atoms with Gasteiger partial charge in [-0.3, -0.25) is 9.59 Å². The van der Waals surface area contributed by atoms with Gasteiger partial charge in [0.1, 0.15) is 0 Å². The van der Waals surface area contributed by atoms with Crippen LogP contribution in [-0.4, -0.2) is 65.9 Å². The number of anilines is 1. The quantitative estimate of drug-likeness (QED) is 0.663. The molecule has 1 saturated heterocycles. The summed E-state index contributed by atoms with van der Waals surface area (Å²) in [6, 6.07) is 10.5. The summed E-state index contributed by atoms with van der Waals surface area (Å²) in [4.78, 5) is 27.3. The number of morpholine rings is 1. The van der Waals surface area contributed by atoms with E-state index in [1.807, 2.05) is 12.1 Å². The first-order valence-corrected chi connectivity index (χ1v) is 9.61. The van der Waals surface area contributed by atoms with Crippen LogP contribution in [0.4, 0.5) is 5.69 Å². The van der Waals surface area contributed by atoms with Crippen LogP contribution in [0.1, 0.15) is 20.7 Å². The number of ether oxygens (including phenoxy) is 4. The smallest absolute Gasteiger partial charge is 0.251 e. The Bertz CT molecular complexity index is 866. The number of rotatable bonds is 8. The Morgan fingerprint density at radius 1 is 0.933 bits per heavy atom. The van der Waals surface area contributed by atoms with Gasteiger partial charge in [-0.15, -0.1) is 0 Å². The van der Waals surface area contributed by atoms with Crippen LogP contribution in [0, 0.1) is 0 Å². The molecule has 2 aromatic rings. The lowest BCUT2D eigenvalue weighted by Crippen LogP contribution is -2.36. The molecule has 3 rings (SSSR count). The van der Waals surface area contributed by atoms with Gasteiger partial charge in [0.05, 0.1) is 41.1 Å². The molecule has 0 aromatic heterocycles. The van der Waals surface area contributed by atoms with Crippen LogP contribution in [0.2, 0.25) is 0 Å². The molecule has 1 amide bonds. The Labute approximate surface area is 175 Å². The van der Waals surface area contributed by atoms with Crippen LogP contribution in [-0.2, 0) is 4.74 Å². The lowest BCUT2D eigenvalue weighted by atomic mass is 10.1. The minimum Gasteiger partial charge on any atom is -0.493 e. The maximum Gasteiger partial charge on any atom is 0.251 e. The maximum absolute atomic E-state index is 12.5. The molecular weight excluding hydrogens is 388 g/mol. The van der Waals surface area contributed by atoms with Crippen LogP contribution in [0.5, 0.6) is 17.2 Å². The van der Waals surface area contributed by atoms with Crippen molar-refractivity contribution in [2.45, 2.75) is 0 Å². The van der Waals surface area contributed by atoms with E-state index in [0.29, 0.717) is 41.6 Å². The van der Waals surface area contributed by atoms with Crippen LogP contribution in [0.3, 0.4) is 0 Å². The van der Waals surface area contributed by atoms with Gasteiger partial charge in [0.2, 0.25) is 5.75 Å². The highest BCUT2D eigenvalue weighted by atomic mass is 16.5. The van der Waals surface area contributed by atoms with Gasteiger partial charge in [-0.05, 0) is 36.4 Å². The fraction of sp³-hybridized carbons (Fsp3) is 0.364. The van der Waals surface area contributed by atoms with Crippen LogP contribution >= 0.6 is 0 Å². The van der Waals surface area contributed by atoms with Crippen molar-refractivity contribution in [2.75, 3.05) is 59.1 Å². The molecule has 0 aliphatic carbocycles. The number of nitrogens with one attached hydrogen (secondary N) is 1. The Morgan fingerprint density at radius 3 is 2.07 bits per heavy atom. The topological polar surface area (TPSA) is 86.3 Å². The van der Waals surface area contributed by atoms with E-state index in [0.717, 1.165) is 18.8 Å². The normalized spacial score (nSPS) is 13.5. The summed E-state index contributed by atoms with van der Waals surface area (Å²) in [6.45, 7) is 2.95. The number of carbonyl (C=O) groups excluding carboxylic acids is 2. The van der Waals surface area contributed by atoms with Crippen molar-refractivity contribution in [1.82, 2.24) is 5.32 Å². The van der Waals surface area contributed by atoms with E-state index in [4.69, 9.17) is 18.9 Å². The number of hydrogen-bond acceptors (Lipinski definition) is 7. The SMILES string of the molecule is COc1cc(C(=O)NCC(=O)c2ccc(N3CCOCC3)cc2)cc(OC)c1OC. The lowest BCUT2D eigenvalue weighted by Gasteiger charge is -2.28. The first-order chi connectivity index (χ1) is 14.6. The molecule has 8 heteroatoms.